The minimum Gasteiger partial charge on any atom is -0.495 e. The number of carbonyl (C=O) groups is 1. The molecule has 4 rings (SSSR count). The van der Waals surface area contributed by atoms with Gasteiger partial charge in [0.15, 0.2) is 0 Å². The molecule has 0 saturated carbocycles. The van der Waals surface area contributed by atoms with Crippen LogP contribution in [0.25, 0.3) is 5.78 Å². The van der Waals surface area contributed by atoms with Gasteiger partial charge in [0.2, 0.25) is 11.1 Å². The van der Waals surface area contributed by atoms with Crippen LogP contribution in [-0.4, -0.2) is 32.6 Å². The predicted molar refractivity (Wildman–Crippen MR) is 122 cm³/mol. The highest BCUT2D eigenvalue weighted by molar-refractivity contribution is 8.00. The highest BCUT2D eigenvalue weighted by Gasteiger charge is 2.25. The maximum atomic E-state index is 13.2. The van der Waals surface area contributed by atoms with Crippen molar-refractivity contribution in [1.29, 1.82) is 0 Å². The Morgan fingerprint density at radius 2 is 1.90 bits per heavy atom. The van der Waals surface area contributed by atoms with Gasteiger partial charge in [0.25, 0.3) is 5.78 Å². The van der Waals surface area contributed by atoms with Crippen LogP contribution in [0.15, 0.2) is 59.8 Å². The summed E-state index contributed by atoms with van der Waals surface area (Å²) in [5, 5.41) is 7.78. The zero-order chi connectivity index (χ0) is 22.0. The van der Waals surface area contributed by atoms with Gasteiger partial charge in [0.05, 0.1) is 12.1 Å². The Morgan fingerprint density at radius 3 is 2.61 bits per heavy atom. The lowest BCUT2D eigenvalue weighted by atomic mass is 10.1. The van der Waals surface area contributed by atoms with Crippen molar-refractivity contribution in [3.05, 3.63) is 76.6 Å². The number of aromatic nitrogens is 4. The van der Waals surface area contributed by atoms with Crippen molar-refractivity contribution in [2.45, 2.75) is 24.3 Å². The van der Waals surface area contributed by atoms with Crippen molar-refractivity contribution in [3.63, 3.8) is 0 Å². The number of nitrogens with zero attached hydrogens (tertiary/aromatic N) is 4. The Labute approximate surface area is 188 Å². The molecule has 0 aliphatic rings. The molecule has 2 aromatic heterocycles. The van der Waals surface area contributed by atoms with Crippen molar-refractivity contribution in [2.75, 3.05) is 12.4 Å². The fourth-order valence-electron chi connectivity index (χ4n) is 3.16. The quantitative estimate of drug-likeness (QED) is 0.419. The zero-order valence-electron chi connectivity index (χ0n) is 17.2. The van der Waals surface area contributed by atoms with Crippen LogP contribution in [0.3, 0.4) is 0 Å². The van der Waals surface area contributed by atoms with Crippen LogP contribution in [0, 0.1) is 13.8 Å². The number of halogens is 1. The first-order valence-electron chi connectivity index (χ1n) is 9.51. The number of fused-ring (bicyclic) bond motifs is 1. The predicted octanol–water partition coefficient (Wildman–Crippen LogP) is 4.88. The normalized spacial score (nSPS) is 12.0. The zero-order valence-corrected chi connectivity index (χ0v) is 18.7. The summed E-state index contributed by atoms with van der Waals surface area (Å²) in [6.45, 7) is 3.86. The third kappa shape index (κ3) is 4.65. The van der Waals surface area contributed by atoms with Gasteiger partial charge in [0.1, 0.15) is 11.0 Å². The summed E-state index contributed by atoms with van der Waals surface area (Å²) >= 11 is 7.47. The molecular formula is C22H20ClN5O2S. The Morgan fingerprint density at radius 1 is 1.13 bits per heavy atom. The number of hydrogen-bond acceptors (Lipinski definition) is 6. The van der Waals surface area contributed by atoms with Crippen LogP contribution >= 0.6 is 23.4 Å². The molecule has 0 aliphatic heterocycles. The van der Waals surface area contributed by atoms with Gasteiger partial charge >= 0.3 is 0 Å². The van der Waals surface area contributed by atoms with Crippen LogP contribution in [-0.2, 0) is 4.79 Å². The maximum Gasteiger partial charge on any atom is 0.253 e. The molecule has 0 bridgehead atoms. The van der Waals surface area contributed by atoms with Gasteiger partial charge in [-0.3, -0.25) is 4.79 Å². The lowest BCUT2D eigenvalue weighted by Gasteiger charge is -2.16. The smallest absolute Gasteiger partial charge is 0.253 e. The Hall–Kier alpha value is -3.10. The Balaban J connectivity index is 1.64. The molecule has 31 heavy (non-hydrogen) atoms. The minimum absolute atomic E-state index is 0.211. The van der Waals surface area contributed by atoms with Crippen LogP contribution in [0.4, 0.5) is 5.69 Å². The SMILES string of the molecule is COc1ccc(NC(=O)C(Sc2nc3nc(C)cc(C)n3n2)c2ccccc2)cc1Cl. The summed E-state index contributed by atoms with van der Waals surface area (Å²) in [4.78, 5) is 22.2. The average molecular weight is 454 g/mol. The topological polar surface area (TPSA) is 81.4 Å². The average Bonchev–Trinajstić information content (AvgIpc) is 3.15. The van der Waals surface area contributed by atoms with Crippen molar-refractivity contribution in [3.8, 4) is 5.75 Å². The standard InChI is InChI=1S/C22H20ClN5O2S/c1-13-11-14(2)28-21(24-13)26-22(27-28)31-19(15-7-5-4-6-8-15)20(29)25-16-9-10-18(30-3)17(23)12-16/h4-12,19H,1-3H3,(H,25,29). The number of benzene rings is 2. The molecule has 1 unspecified atom stereocenters. The summed E-state index contributed by atoms with van der Waals surface area (Å²) in [5.41, 5.74) is 3.20. The third-order valence-electron chi connectivity index (χ3n) is 4.58. The molecule has 0 spiro atoms. The second-order valence-corrected chi connectivity index (χ2v) is 8.37. The number of amides is 1. The summed E-state index contributed by atoms with van der Waals surface area (Å²) in [5.74, 6) is 0.840. The second-order valence-electron chi connectivity index (χ2n) is 6.89. The molecule has 2 aromatic carbocycles. The lowest BCUT2D eigenvalue weighted by molar-refractivity contribution is -0.115. The molecule has 0 aliphatic carbocycles. The summed E-state index contributed by atoms with van der Waals surface area (Å²) in [7, 11) is 1.54. The number of ether oxygens (including phenoxy) is 1. The number of nitrogens with one attached hydrogen (secondary N) is 1. The highest BCUT2D eigenvalue weighted by atomic mass is 35.5. The van der Waals surface area contributed by atoms with Gasteiger partial charge in [-0.2, -0.15) is 4.98 Å². The van der Waals surface area contributed by atoms with E-state index in [0.29, 0.717) is 27.4 Å². The first-order valence-corrected chi connectivity index (χ1v) is 10.8. The van der Waals surface area contributed by atoms with E-state index < -0.39 is 5.25 Å². The number of carbonyl (C=O) groups excluding carboxylic acids is 1. The van der Waals surface area contributed by atoms with Crippen LogP contribution in [0.1, 0.15) is 22.2 Å². The summed E-state index contributed by atoms with van der Waals surface area (Å²) in [6.07, 6.45) is 0. The van der Waals surface area contributed by atoms with Crippen molar-refractivity contribution >= 4 is 40.7 Å². The number of anilines is 1. The fraction of sp³-hybridized carbons (Fsp3) is 0.182. The van der Waals surface area contributed by atoms with E-state index in [0.717, 1.165) is 17.0 Å². The fourth-order valence-corrected chi connectivity index (χ4v) is 4.35. The maximum absolute atomic E-state index is 13.2. The molecular weight excluding hydrogens is 434 g/mol. The molecule has 1 N–H and O–H groups in total. The highest BCUT2D eigenvalue weighted by Crippen LogP contribution is 2.35. The molecule has 9 heteroatoms. The summed E-state index contributed by atoms with van der Waals surface area (Å²) < 4.78 is 6.85. The third-order valence-corrected chi connectivity index (χ3v) is 5.98. The van der Waals surface area contributed by atoms with E-state index in [1.807, 2.05) is 50.2 Å². The van der Waals surface area contributed by atoms with Crippen LogP contribution < -0.4 is 10.1 Å². The number of thioether (sulfide) groups is 1. The molecule has 0 radical (unpaired) electrons. The van der Waals surface area contributed by atoms with Gasteiger partial charge in [0, 0.05) is 17.1 Å². The minimum atomic E-state index is -0.569. The lowest BCUT2D eigenvalue weighted by Crippen LogP contribution is -2.19. The van der Waals surface area contributed by atoms with Gasteiger partial charge in [-0.15, -0.1) is 5.10 Å². The molecule has 2 heterocycles. The monoisotopic (exact) mass is 453 g/mol. The van der Waals surface area contributed by atoms with E-state index >= 15 is 0 Å². The Kier molecular flexibility index (Phi) is 6.11. The van der Waals surface area contributed by atoms with Crippen LogP contribution in [0.5, 0.6) is 5.75 Å². The molecule has 7 nitrogen and oxygen atoms in total. The molecule has 1 amide bonds. The second kappa shape index (κ2) is 8.95. The number of methoxy groups -OCH3 is 1. The number of hydrogen-bond donors (Lipinski definition) is 1. The van der Waals surface area contributed by atoms with E-state index in [9.17, 15) is 4.79 Å². The first-order chi connectivity index (χ1) is 14.9. The molecule has 158 valence electrons. The molecule has 0 fully saturated rings. The number of rotatable bonds is 6. The van der Waals surface area contributed by atoms with E-state index in [1.54, 1.807) is 29.8 Å². The largest absolute Gasteiger partial charge is 0.495 e. The van der Waals surface area contributed by atoms with Crippen molar-refractivity contribution in [2.24, 2.45) is 0 Å². The van der Waals surface area contributed by atoms with Gasteiger partial charge in [-0.05, 0) is 43.7 Å². The first kappa shape index (κ1) is 21.1. The number of aryl methyl sites for hydroxylation is 2. The Bertz CT molecular complexity index is 1250. The van der Waals surface area contributed by atoms with Gasteiger partial charge in [-0.25, -0.2) is 9.50 Å². The molecule has 1 atom stereocenters. The molecule has 4 aromatic rings. The van der Waals surface area contributed by atoms with Gasteiger partial charge in [-0.1, -0.05) is 53.7 Å². The van der Waals surface area contributed by atoms with Crippen molar-refractivity contribution in [1.82, 2.24) is 19.6 Å². The van der Waals surface area contributed by atoms with E-state index in [2.05, 4.69) is 20.4 Å². The van der Waals surface area contributed by atoms with E-state index in [-0.39, 0.29) is 5.91 Å². The van der Waals surface area contributed by atoms with Crippen LogP contribution in [0.2, 0.25) is 5.02 Å². The van der Waals surface area contributed by atoms with Crippen molar-refractivity contribution < 1.29 is 9.53 Å². The van der Waals surface area contributed by atoms with E-state index in [1.165, 1.54) is 11.8 Å². The van der Waals surface area contributed by atoms with Gasteiger partial charge < -0.3 is 10.1 Å². The summed E-state index contributed by atoms with van der Waals surface area (Å²) in [6, 6.07) is 16.6. The molecule has 0 saturated heterocycles. The van der Waals surface area contributed by atoms with E-state index in [4.69, 9.17) is 16.3 Å².